The molecule has 2 rings (SSSR count). The predicted octanol–water partition coefficient (Wildman–Crippen LogP) is 2.54. The summed E-state index contributed by atoms with van der Waals surface area (Å²) in [5, 5.41) is 8.92. The Balaban J connectivity index is 1.91. The van der Waals surface area contributed by atoms with Crippen LogP contribution in [0.15, 0.2) is 18.2 Å². The van der Waals surface area contributed by atoms with Gasteiger partial charge in [0.05, 0.1) is 12.2 Å². The highest BCUT2D eigenvalue weighted by atomic mass is 16.5. The van der Waals surface area contributed by atoms with Gasteiger partial charge in [0.15, 0.2) is 0 Å². The fourth-order valence-electron chi connectivity index (χ4n) is 1.94. The maximum absolute atomic E-state index is 10.9. The second-order valence-corrected chi connectivity index (χ2v) is 4.49. The van der Waals surface area contributed by atoms with Gasteiger partial charge >= 0.3 is 5.97 Å². The van der Waals surface area contributed by atoms with Gasteiger partial charge in [-0.25, -0.2) is 4.79 Å². The first-order valence-corrected chi connectivity index (χ1v) is 5.92. The van der Waals surface area contributed by atoms with E-state index in [2.05, 4.69) is 0 Å². The van der Waals surface area contributed by atoms with Gasteiger partial charge < -0.3 is 15.6 Å². The van der Waals surface area contributed by atoms with E-state index in [-0.39, 0.29) is 11.3 Å². The number of nitrogen functional groups attached to an aromatic ring is 1. The van der Waals surface area contributed by atoms with Crippen LogP contribution in [0.5, 0.6) is 5.75 Å². The molecule has 0 atom stereocenters. The molecule has 4 nitrogen and oxygen atoms in total. The van der Waals surface area contributed by atoms with Crippen molar-refractivity contribution in [3.8, 4) is 5.75 Å². The third-order valence-corrected chi connectivity index (χ3v) is 3.27. The minimum Gasteiger partial charge on any atom is -0.494 e. The topological polar surface area (TPSA) is 72.5 Å². The monoisotopic (exact) mass is 235 g/mol. The Labute approximate surface area is 100 Å². The molecule has 0 aliphatic heterocycles. The maximum atomic E-state index is 10.9. The Morgan fingerprint density at radius 1 is 1.47 bits per heavy atom. The van der Waals surface area contributed by atoms with Gasteiger partial charge in [-0.1, -0.05) is 19.3 Å². The van der Waals surface area contributed by atoms with Crippen LogP contribution in [-0.4, -0.2) is 17.7 Å². The lowest BCUT2D eigenvalue weighted by Crippen LogP contribution is -2.14. The minimum atomic E-state index is -1.02. The number of nitrogens with two attached hydrogens (primary N) is 1. The Kier molecular flexibility index (Phi) is 3.52. The van der Waals surface area contributed by atoms with Crippen LogP contribution < -0.4 is 10.5 Å². The van der Waals surface area contributed by atoms with Crippen molar-refractivity contribution in [1.29, 1.82) is 0 Å². The number of aromatic carboxylic acids is 1. The van der Waals surface area contributed by atoms with Crippen molar-refractivity contribution in [3.63, 3.8) is 0 Å². The highest BCUT2D eigenvalue weighted by Crippen LogP contribution is 2.29. The summed E-state index contributed by atoms with van der Waals surface area (Å²) in [5.41, 5.74) is 5.93. The Morgan fingerprint density at radius 2 is 2.24 bits per heavy atom. The third-order valence-electron chi connectivity index (χ3n) is 3.27. The van der Waals surface area contributed by atoms with E-state index in [4.69, 9.17) is 15.6 Å². The van der Waals surface area contributed by atoms with E-state index < -0.39 is 5.97 Å². The number of rotatable bonds is 5. The zero-order valence-corrected chi connectivity index (χ0v) is 9.69. The van der Waals surface area contributed by atoms with Crippen molar-refractivity contribution >= 4 is 11.7 Å². The van der Waals surface area contributed by atoms with Crippen molar-refractivity contribution < 1.29 is 14.6 Å². The van der Waals surface area contributed by atoms with Crippen LogP contribution in [0.1, 0.15) is 36.0 Å². The fraction of sp³-hybridized carbons (Fsp3) is 0.462. The number of carboxylic acids is 1. The Morgan fingerprint density at radius 3 is 2.82 bits per heavy atom. The van der Waals surface area contributed by atoms with E-state index in [1.165, 1.54) is 25.3 Å². The molecule has 1 saturated carbocycles. The summed E-state index contributed by atoms with van der Waals surface area (Å²) in [4.78, 5) is 10.9. The van der Waals surface area contributed by atoms with Crippen molar-refractivity contribution in [2.45, 2.75) is 25.7 Å². The molecular weight excluding hydrogens is 218 g/mol. The molecule has 17 heavy (non-hydrogen) atoms. The smallest absolute Gasteiger partial charge is 0.337 e. The maximum Gasteiger partial charge on any atom is 0.337 e. The molecule has 0 spiro atoms. The summed E-state index contributed by atoms with van der Waals surface area (Å²) < 4.78 is 5.54. The summed E-state index contributed by atoms with van der Waals surface area (Å²) in [6.07, 6.45) is 4.97. The average molecular weight is 235 g/mol. The van der Waals surface area contributed by atoms with E-state index in [9.17, 15) is 4.79 Å². The molecule has 1 aliphatic carbocycles. The van der Waals surface area contributed by atoms with Gasteiger partial charge in [-0.05, 0) is 30.5 Å². The summed E-state index contributed by atoms with van der Waals surface area (Å²) >= 11 is 0. The molecular formula is C13H17NO3. The van der Waals surface area contributed by atoms with Crippen LogP contribution in [0.4, 0.5) is 5.69 Å². The van der Waals surface area contributed by atoms with Gasteiger partial charge in [-0.2, -0.15) is 0 Å². The van der Waals surface area contributed by atoms with Gasteiger partial charge in [0.2, 0.25) is 0 Å². The Hall–Kier alpha value is -1.71. The zero-order valence-electron chi connectivity index (χ0n) is 9.69. The molecule has 0 unspecified atom stereocenters. The number of hydrogen-bond donors (Lipinski definition) is 2. The number of ether oxygens (including phenoxy) is 1. The molecule has 0 amide bonds. The second-order valence-electron chi connectivity index (χ2n) is 4.49. The second kappa shape index (κ2) is 5.08. The molecule has 0 saturated heterocycles. The third kappa shape index (κ3) is 2.90. The molecule has 92 valence electrons. The molecule has 3 N–H and O–H groups in total. The molecule has 4 heteroatoms. The van der Waals surface area contributed by atoms with Crippen molar-refractivity contribution in [2.24, 2.45) is 5.92 Å². The summed E-state index contributed by atoms with van der Waals surface area (Å²) in [5.74, 6) is 0.352. The summed E-state index contributed by atoms with van der Waals surface area (Å²) in [7, 11) is 0. The first-order valence-electron chi connectivity index (χ1n) is 5.92. The van der Waals surface area contributed by atoms with Crippen molar-refractivity contribution in [2.75, 3.05) is 12.3 Å². The minimum absolute atomic E-state index is 0.103. The van der Waals surface area contributed by atoms with E-state index in [0.717, 1.165) is 12.3 Å². The zero-order chi connectivity index (χ0) is 12.3. The molecule has 0 radical (unpaired) electrons. The van der Waals surface area contributed by atoms with Crippen molar-refractivity contribution in [1.82, 2.24) is 0 Å². The number of hydrogen-bond acceptors (Lipinski definition) is 3. The van der Waals surface area contributed by atoms with Crippen LogP contribution in [0, 0.1) is 5.92 Å². The number of carboxylic acid groups (broad SMARTS) is 1. The van der Waals surface area contributed by atoms with Gasteiger partial charge in [0.25, 0.3) is 0 Å². The SMILES string of the molecule is Nc1ccc(OCCC2CCC2)cc1C(=O)O. The lowest BCUT2D eigenvalue weighted by atomic mass is 9.83. The van der Waals surface area contributed by atoms with Gasteiger partial charge in [0, 0.05) is 5.69 Å². The molecule has 1 aromatic rings. The van der Waals surface area contributed by atoms with Gasteiger partial charge in [0.1, 0.15) is 5.75 Å². The normalized spacial score (nSPS) is 15.3. The van der Waals surface area contributed by atoms with Crippen LogP contribution in [0.3, 0.4) is 0 Å². The first kappa shape index (κ1) is 11.8. The summed E-state index contributed by atoms with van der Waals surface area (Å²) in [6.45, 7) is 0.646. The molecule has 1 aliphatic rings. The van der Waals surface area contributed by atoms with E-state index >= 15 is 0 Å². The van der Waals surface area contributed by atoms with Crippen molar-refractivity contribution in [3.05, 3.63) is 23.8 Å². The lowest BCUT2D eigenvalue weighted by molar-refractivity contribution is 0.0697. The van der Waals surface area contributed by atoms with Crippen LogP contribution >= 0.6 is 0 Å². The standard InChI is InChI=1S/C13H17NO3/c14-12-5-4-10(8-11(12)13(15)16)17-7-6-9-2-1-3-9/h4-5,8-9H,1-3,6-7,14H2,(H,15,16). The highest BCUT2D eigenvalue weighted by Gasteiger charge is 2.17. The molecule has 1 fully saturated rings. The van der Waals surface area contributed by atoms with Crippen LogP contribution in [-0.2, 0) is 0 Å². The molecule has 0 aromatic heterocycles. The molecule has 0 bridgehead atoms. The number of anilines is 1. The molecule has 0 heterocycles. The van der Waals surface area contributed by atoms with Gasteiger partial charge in [-0.15, -0.1) is 0 Å². The largest absolute Gasteiger partial charge is 0.494 e. The lowest BCUT2D eigenvalue weighted by Gasteiger charge is -2.25. The van der Waals surface area contributed by atoms with E-state index in [0.29, 0.717) is 12.4 Å². The molecule has 1 aromatic carbocycles. The predicted molar refractivity (Wildman–Crippen MR) is 65.3 cm³/mol. The van der Waals surface area contributed by atoms with E-state index in [1.54, 1.807) is 12.1 Å². The van der Waals surface area contributed by atoms with Crippen LogP contribution in [0.25, 0.3) is 0 Å². The average Bonchev–Trinajstić information content (AvgIpc) is 2.23. The fourth-order valence-corrected chi connectivity index (χ4v) is 1.94. The van der Waals surface area contributed by atoms with Gasteiger partial charge in [-0.3, -0.25) is 0 Å². The quantitative estimate of drug-likeness (QED) is 0.769. The number of carbonyl (C=O) groups is 1. The van der Waals surface area contributed by atoms with Crippen LogP contribution in [0.2, 0.25) is 0 Å². The number of benzene rings is 1. The Bertz CT molecular complexity index is 413. The van der Waals surface area contributed by atoms with E-state index in [1.807, 2.05) is 0 Å². The highest BCUT2D eigenvalue weighted by molar-refractivity contribution is 5.94. The first-order chi connectivity index (χ1) is 8.16. The summed E-state index contributed by atoms with van der Waals surface area (Å²) in [6, 6.07) is 4.77.